The average molecular weight is 373 g/mol. The van der Waals surface area contributed by atoms with Gasteiger partial charge in [0.15, 0.2) is 0 Å². The summed E-state index contributed by atoms with van der Waals surface area (Å²) in [6.07, 6.45) is 0. The van der Waals surface area contributed by atoms with Crippen molar-refractivity contribution in [3.63, 3.8) is 0 Å². The largest absolute Gasteiger partial charge is 0.496 e. The van der Waals surface area contributed by atoms with E-state index in [0.29, 0.717) is 11.4 Å². The molecule has 3 rings (SSSR count). The lowest BCUT2D eigenvalue weighted by molar-refractivity contribution is 0.0788. The Balaban J connectivity index is 1.83. The van der Waals surface area contributed by atoms with Crippen LogP contribution in [0.3, 0.4) is 0 Å². The zero-order chi connectivity index (χ0) is 18.0. The van der Waals surface area contributed by atoms with Crippen molar-refractivity contribution in [3.8, 4) is 15.6 Å². The monoisotopic (exact) mass is 372 g/mol. The third-order valence-electron chi connectivity index (χ3n) is 3.91. The molecule has 0 aliphatic heterocycles. The second-order valence-corrected chi connectivity index (χ2v) is 7.83. The SMILES string of the molecule is COc1ccc(C)cc1CN(C)C(=O)c1sc(-c2cccs2)nc1C. The Bertz CT molecular complexity index is 885. The molecular formula is C19H20N2O2S2. The summed E-state index contributed by atoms with van der Waals surface area (Å²) in [4.78, 5) is 21.0. The first-order valence-electron chi connectivity index (χ1n) is 7.90. The number of benzene rings is 1. The Morgan fingerprint density at radius 1 is 1.28 bits per heavy atom. The van der Waals surface area contributed by atoms with E-state index in [2.05, 4.69) is 11.1 Å². The maximum absolute atomic E-state index is 12.9. The first-order chi connectivity index (χ1) is 12.0. The predicted molar refractivity (Wildman–Crippen MR) is 104 cm³/mol. The highest BCUT2D eigenvalue weighted by Crippen LogP contribution is 2.32. The summed E-state index contributed by atoms with van der Waals surface area (Å²) in [5, 5.41) is 2.92. The van der Waals surface area contributed by atoms with Crippen molar-refractivity contribution in [1.82, 2.24) is 9.88 Å². The van der Waals surface area contributed by atoms with E-state index in [-0.39, 0.29) is 5.91 Å². The minimum absolute atomic E-state index is 0.0126. The molecule has 0 saturated carbocycles. The first-order valence-corrected chi connectivity index (χ1v) is 9.59. The molecular weight excluding hydrogens is 352 g/mol. The number of thiophene rings is 1. The molecule has 130 valence electrons. The molecule has 0 unspecified atom stereocenters. The molecule has 25 heavy (non-hydrogen) atoms. The maximum Gasteiger partial charge on any atom is 0.265 e. The highest BCUT2D eigenvalue weighted by atomic mass is 32.1. The summed E-state index contributed by atoms with van der Waals surface area (Å²) in [6.45, 7) is 4.42. The Morgan fingerprint density at radius 3 is 2.76 bits per heavy atom. The molecule has 0 aliphatic carbocycles. The standard InChI is InChI=1S/C19H20N2O2S2/c1-12-7-8-15(23-4)14(10-12)11-21(3)19(22)17-13(2)20-18(25-17)16-6-5-9-24-16/h5-10H,11H2,1-4H3. The normalized spacial score (nSPS) is 10.7. The Morgan fingerprint density at radius 2 is 2.08 bits per heavy atom. The minimum Gasteiger partial charge on any atom is -0.496 e. The van der Waals surface area contributed by atoms with Crippen molar-refractivity contribution < 1.29 is 9.53 Å². The fourth-order valence-corrected chi connectivity index (χ4v) is 4.49. The van der Waals surface area contributed by atoms with Gasteiger partial charge in [0.25, 0.3) is 5.91 Å². The summed E-state index contributed by atoms with van der Waals surface area (Å²) < 4.78 is 5.42. The lowest BCUT2D eigenvalue weighted by Gasteiger charge is -2.18. The number of aromatic nitrogens is 1. The summed E-state index contributed by atoms with van der Waals surface area (Å²) in [6, 6.07) is 10.0. The summed E-state index contributed by atoms with van der Waals surface area (Å²) in [5.74, 6) is 0.784. The van der Waals surface area contributed by atoms with Crippen molar-refractivity contribution >= 4 is 28.6 Å². The first kappa shape index (κ1) is 17.6. The van der Waals surface area contributed by atoms with Crippen LogP contribution in [0, 0.1) is 13.8 Å². The van der Waals surface area contributed by atoms with Gasteiger partial charge in [0.05, 0.1) is 17.7 Å². The number of thiazole rings is 1. The molecule has 4 nitrogen and oxygen atoms in total. The van der Waals surface area contributed by atoms with Crippen LogP contribution in [0.15, 0.2) is 35.7 Å². The van der Waals surface area contributed by atoms with Crippen LogP contribution in [0.2, 0.25) is 0 Å². The molecule has 0 N–H and O–H groups in total. The molecule has 0 aliphatic rings. The van der Waals surface area contributed by atoms with Gasteiger partial charge in [-0.2, -0.15) is 0 Å². The van der Waals surface area contributed by atoms with Gasteiger partial charge in [-0.05, 0) is 31.4 Å². The maximum atomic E-state index is 12.9. The number of aryl methyl sites for hydroxylation is 2. The second-order valence-electron chi connectivity index (χ2n) is 5.89. The Labute approximate surface area is 155 Å². The number of nitrogens with zero attached hydrogens (tertiary/aromatic N) is 2. The van der Waals surface area contributed by atoms with Crippen molar-refractivity contribution in [3.05, 3.63) is 57.4 Å². The van der Waals surface area contributed by atoms with Crippen LogP contribution in [0.5, 0.6) is 5.75 Å². The van der Waals surface area contributed by atoms with E-state index >= 15 is 0 Å². The molecule has 0 spiro atoms. The van der Waals surface area contributed by atoms with Crippen LogP contribution in [-0.4, -0.2) is 29.9 Å². The molecule has 6 heteroatoms. The Kier molecular flexibility index (Phi) is 5.20. The highest BCUT2D eigenvalue weighted by molar-refractivity contribution is 7.22. The number of carbonyl (C=O) groups is 1. The van der Waals surface area contributed by atoms with Crippen LogP contribution < -0.4 is 4.74 Å². The molecule has 0 atom stereocenters. The van der Waals surface area contributed by atoms with Gasteiger partial charge in [-0.25, -0.2) is 4.98 Å². The van der Waals surface area contributed by atoms with E-state index in [1.807, 2.05) is 50.5 Å². The van der Waals surface area contributed by atoms with Crippen LogP contribution in [0.25, 0.3) is 9.88 Å². The van der Waals surface area contributed by atoms with Crippen LogP contribution >= 0.6 is 22.7 Å². The van der Waals surface area contributed by atoms with Gasteiger partial charge in [0.2, 0.25) is 0 Å². The molecule has 0 fully saturated rings. The van der Waals surface area contributed by atoms with Gasteiger partial charge in [-0.15, -0.1) is 22.7 Å². The number of hydrogen-bond acceptors (Lipinski definition) is 5. The number of hydrogen-bond donors (Lipinski definition) is 0. The molecule has 0 bridgehead atoms. The van der Waals surface area contributed by atoms with Gasteiger partial charge in [-0.1, -0.05) is 23.8 Å². The number of ether oxygens (including phenoxy) is 1. The van der Waals surface area contributed by atoms with Crippen molar-refractivity contribution in [1.29, 1.82) is 0 Å². The van der Waals surface area contributed by atoms with E-state index in [9.17, 15) is 4.79 Å². The minimum atomic E-state index is -0.0126. The van der Waals surface area contributed by atoms with Gasteiger partial charge < -0.3 is 9.64 Å². The summed E-state index contributed by atoms with van der Waals surface area (Å²) in [5.41, 5.74) is 2.92. The number of amides is 1. The van der Waals surface area contributed by atoms with Crippen LogP contribution in [0.4, 0.5) is 0 Å². The molecule has 2 aromatic heterocycles. The van der Waals surface area contributed by atoms with Gasteiger partial charge in [0, 0.05) is 19.2 Å². The topological polar surface area (TPSA) is 42.4 Å². The summed E-state index contributed by atoms with van der Waals surface area (Å²) >= 11 is 3.09. The third kappa shape index (κ3) is 3.75. The average Bonchev–Trinajstić information content (AvgIpc) is 3.23. The third-order valence-corrected chi connectivity index (χ3v) is 6.10. The van der Waals surface area contributed by atoms with E-state index in [4.69, 9.17) is 4.74 Å². The molecule has 1 amide bonds. The van der Waals surface area contributed by atoms with E-state index in [1.165, 1.54) is 11.3 Å². The smallest absolute Gasteiger partial charge is 0.265 e. The van der Waals surface area contributed by atoms with E-state index < -0.39 is 0 Å². The van der Waals surface area contributed by atoms with Crippen molar-refractivity contribution in [2.75, 3.05) is 14.2 Å². The fraction of sp³-hybridized carbons (Fsp3) is 0.263. The van der Waals surface area contributed by atoms with Crippen LogP contribution in [0.1, 0.15) is 26.5 Å². The quantitative estimate of drug-likeness (QED) is 0.648. The molecule has 0 saturated heterocycles. The molecule has 3 aromatic rings. The summed E-state index contributed by atoms with van der Waals surface area (Å²) in [7, 11) is 3.46. The van der Waals surface area contributed by atoms with E-state index in [0.717, 1.165) is 32.5 Å². The second kappa shape index (κ2) is 7.37. The lowest BCUT2D eigenvalue weighted by atomic mass is 10.1. The van der Waals surface area contributed by atoms with E-state index in [1.54, 1.807) is 23.3 Å². The molecule has 2 heterocycles. The fourth-order valence-electron chi connectivity index (χ4n) is 2.63. The van der Waals surface area contributed by atoms with Gasteiger partial charge in [-0.3, -0.25) is 4.79 Å². The number of methoxy groups -OCH3 is 1. The van der Waals surface area contributed by atoms with Gasteiger partial charge >= 0.3 is 0 Å². The number of rotatable bonds is 5. The molecule has 0 radical (unpaired) electrons. The van der Waals surface area contributed by atoms with Gasteiger partial charge in [0.1, 0.15) is 15.6 Å². The number of carbonyl (C=O) groups excluding carboxylic acids is 1. The zero-order valence-corrected chi connectivity index (χ0v) is 16.3. The van der Waals surface area contributed by atoms with Crippen molar-refractivity contribution in [2.24, 2.45) is 0 Å². The Hall–Kier alpha value is -2.18. The van der Waals surface area contributed by atoms with Crippen LogP contribution in [-0.2, 0) is 6.54 Å². The zero-order valence-electron chi connectivity index (χ0n) is 14.7. The highest BCUT2D eigenvalue weighted by Gasteiger charge is 2.21. The van der Waals surface area contributed by atoms with Crippen molar-refractivity contribution in [2.45, 2.75) is 20.4 Å². The lowest BCUT2D eigenvalue weighted by Crippen LogP contribution is -2.26. The molecule has 1 aromatic carbocycles. The predicted octanol–water partition coefficient (Wildman–Crippen LogP) is 4.77.